The van der Waals surface area contributed by atoms with E-state index in [2.05, 4.69) is 9.71 Å². The number of rotatable bonds is 6. The van der Waals surface area contributed by atoms with E-state index in [0.29, 0.717) is 31.4 Å². The Balaban J connectivity index is 1.52. The van der Waals surface area contributed by atoms with Crippen LogP contribution in [0, 0.1) is 0 Å². The predicted octanol–water partition coefficient (Wildman–Crippen LogP) is 3.78. The minimum atomic E-state index is -4.44. The molecule has 6 nitrogen and oxygen atoms in total. The molecular formula is C19H21F3N2O4S. The summed E-state index contributed by atoms with van der Waals surface area (Å²) in [5.41, 5.74) is -0.832. The molecule has 0 atom stereocenters. The molecule has 2 aromatic rings. The van der Waals surface area contributed by atoms with Gasteiger partial charge in [0.05, 0.1) is 17.6 Å². The number of aromatic nitrogens is 1. The summed E-state index contributed by atoms with van der Waals surface area (Å²) in [4.78, 5) is 3.87. The highest BCUT2D eigenvalue weighted by Gasteiger charge is 2.31. The average Bonchev–Trinajstić information content (AvgIpc) is 2.69. The number of hydrogen-bond acceptors (Lipinski definition) is 5. The van der Waals surface area contributed by atoms with Gasteiger partial charge in [0.1, 0.15) is 11.9 Å². The standard InChI is InChI=1S/C19H21F3N2O4S/c1-27-15-7-9-17(10-8-15)29(25,26)24-14-3-5-16(6-4-14)28-18-11-2-13(12-23-18)19(20,21)22/h2,7-12,14,16,24H,3-6H2,1H3. The molecule has 1 aromatic heterocycles. The van der Waals surface area contributed by atoms with Crippen molar-refractivity contribution in [3.63, 3.8) is 0 Å². The van der Waals surface area contributed by atoms with E-state index in [0.717, 1.165) is 12.3 Å². The van der Waals surface area contributed by atoms with Gasteiger partial charge in [0.2, 0.25) is 15.9 Å². The van der Waals surface area contributed by atoms with Gasteiger partial charge in [-0.15, -0.1) is 0 Å². The van der Waals surface area contributed by atoms with Gasteiger partial charge in [-0.2, -0.15) is 13.2 Å². The molecule has 3 rings (SSSR count). The van der Waals surface area contributed by atoms with Crippen molar-refractivity contribution in [2.45, 2.75) is 48.9 Å². The lowest BCUT2D eigenvalue weighted by atomic mass is 9.94. The molecule has 0 spiro atoms. The molecular weight excluding hydrogens is 409 g/mol. The van der Waals surface area contributed by atoms with Crippen molar-refractivity contribution in [1.82, 2.24) is 9.71 Å². The highest BCUT2D eigenvalue weighted by molar-refractivity contribution is 7.89. The fourth-order valence-corrected chi connectivity index (χ4v) is 4.43. The third-order valence-electron chi connectivity index (χ3n) is 4.72. The molecule has 0 saturated heterocycles. The largest absolute Gasteiger partial charge is 0.497 e. The van der Waals surface area contributed by atoms with Gasteiger partial charge in [-0.05, 0) is 56.0 Å². The maximum Gasteiger partial charge on any atom is 0.417 e. The van der Waals surface area contributed by atoms with Crippen molar-refractivity contribution in [2.24, 2.45) is 0 Å². The van der Waals surface area contributed by atoms with E-state index >= 15 is 0 Å². The fraction of sp³-hybridized carbons (Fsp3) is 0.421. The van der Waals surface area contributed by atoms with Crippen LogP contribution in [0.1, 0.15) is 31.2 Å². The zero-order chi connectivity index (χ0) is 21.1. The zero-order valence-electron chi connectivity index (χ0n) is 15.6. The fourth-order valence-electron chi connectivity index (χ4n) is 3.13. The molecule has 1 aliphatic carbocycles. The Kier molecular flexibility index (Phi) is 6.33. The molecule has 1 aromatic carbocycles. The van der Waals surface area contributed by atoms with Crippen LogP contribution in [0.3, 0.4) is 0 Å². The van der Waals surface area contributed by atoms with E-state index in [4.69, 9.17) is 9.47 Å². The van der Waals surface area contributed by atoms with E-state index in [1.54, 1.807) is 12.1 Å². The number of methoxy groups -OCH3 is 1. The Morgan fingerprint density at radius 2 is 1.69 bits per heavy atom. The summed E-state index contributed by atoms with van der Waals surface area (Å²) in [5, 5.41) is 0. The van der Waals surface area contributed by atoms with Gasteiger partial charge < -0.3 is 9.47 Å². The Labute approximate surface area is 167 Å². The van der Waals surface area contributed by atoms with Crippen LogP contribution in [0.4, 0.5) is 13.2 Å². The van der Waals surface area contributed by atoms with Gasteiger partial charge in [-0.1, -0.05) is 0 Å². The lowest BCUT2D eigenvalue weighted by molar-refractivity contribution is -0.137. The molecule has 0 amide bonds. The molecule has 0 radical (unpaired) electrons. The quantitative estimate of drug-likeness (QED) is 0.755. The number of hydrogen-bond donors (Lipinski definition) is 1. The molecule has 1 aliphatic rings. The average molecular weight is 430 g/mol. The van der Waals surface area contributed by atoms with Crippen molar-refractivity contribution >= 4 is 10.0 Å². The molecule has 1 heterocycles. The smallest absolute Gasteiger partial charge is 0.417 e. The summed E-state index contributed by atoms with van der Waals surface area (Å²) in [7, 11) is -2.14. The van der Waals surface area contributed by atoms with Gasteiger partial charge in [-0.25, -0.2) is 18.1 Å². The third-order valence-corrected chi connectivity index (χ3v) is 6.25. The molecule has 1 N–H and O–H groups in total. The Bertz CT molecular complexity index is 908. The molecule has 1 fully saturated rings. The van der Waals surface area contributed by atoms with Gasteiger partial charge in [-0.3, -0.25) is 0 Å². The molecule has 1 saturated carbocycles. The molecule has 158 valence electrons. The van der Waals surface area contributed by atoms with Crippen molar-refractivity contribution < 1.29 is 31.1 Å². The first-order valence-electron chi connectivity index (χ1n) is 9.03. The summed E-state index contributed by atoms with van der Waals surface area (Å²) in [5.74, 6) is 0.693. The Morgan fingerprint density at radius 1 is 1.03 bits per heavy atom. The highest BCUT2D eigenvalue weighted by Crippen LogP contribution is 2.30. The zero-order valence-corrected chi connectivity index (χ0v) is 16.5. The van der Waals surface area contributed by atoms with E-state index in [9.17, 15) is 21.6 Å². The number of benzene rings is 1. The van der Waals surface area contributed by atoms with Gasteiger partial charge in [0.15, 0.2) is 0 Å². The van der Waals surface area contributed by atoms with E-state index in [1.165, 1.54) is 25.3 Å². The van der Waals surface area contributed by atoms with Crippen LogP contribution in [0.5, 0.6) is 11.6 Å². The topological polar surface area (TPSA) is 77.5 Å². The molecule has 0 bridgehead atoms. The van der Waals surface area contributed by atoms with Gasteiger partial charge >= 0.3 is 6.18 Å². The van der Waals surface area contributed by atoms with Gasteiger partial charge in [0.25, 0.3) is 0 Å². The number of sulfonamides is 1. The predicted molar refractivity (Wildman–Crippen MR) is 99.2 cm³/mol. The van der Waals surface area contributed by atoms with Crippen LogP contribution in [0.25, 0.3) is 0 Å². The second kappa shape index (κ2) is 8.58. The molecule has 29 heavy (non-hydrogen) atoms. The first-order valence-corrected chi connectivity index (χ1v) is 10.5. The van der Waals surface area contributed by atoms with Gasteiger partial charge in [0, 0.05) is 18.3 Å². The summed E-state index contributed by atoms with van der Waals surface area (Å²) in [6.45, 7) is 0. The second-order valence-electron chi connectivity index (χ2n) is 6.77. The monoisotopic (exact) mass is 430 g/mol. The Morgan fingerprint density at radius 3 is 2.21 bits per heavy atom. The molecule has 0 unspecified atom stereocenters. The maximum atomic E-state index is 12.6. The number of pyridine rings is 1. The second-order valence-corrected chi connectivity index (χ2v) is 8.49. The maximum absolute atomic E-state index is 12.6. The minimum Gasteiger partial charge on any atom is -0.497 e. The highest BCUT2D eigenvalue weighted by atomic mass is 32.2. The normalized spacial score (nSPS) is 20.3. The van der Waals surface area contributed by atoms with Crippen LogP contribution in [-0.4, -0.2) is 32.7 Å². The van der Waals surface area contributed by atoms with Crippen LogP contribution in [0.2, 0.25) is 0 Å². The van der Waals surface area contributed by atoms with Crippen molar-refractivity contribution in [3.05, 3.63) is 48.2 Å². The number of nitrogens with zero attached hydrogens (tertiary/aromatic N) is 1. The van der Waals surface area contributed by atoms with Crippen LogP contribution < -0.4 is 14.2 Å². The van der Waals surface area contributed by atoms with Crippen LogP contribution >= 0.6 is 0 Å². The lowest BCUT2D eigenvalue weighted by Crippen LogP contribution is -2.39. The Hall–Kier alpha value is -2.33. The number of ether oxygens (including phenoxy) is 2. The van der Waals surface area contributed by atoms with E-state index < -0.39 is 21.8 Å². The third kappa shape index (κ3) is 5.60. The van der Waals surface area contributed by atoms with Crippen molar-refractivity contribution in [3.8, 4) is 11.6 Å². The van der Waals surface area contributed by atoms with Crippen LogP contribution in [-0.2, 0) is 16.2 Å². The summed E-state index contributed by atoms with van der Waals surface area (Å²) in [6, 6.07) is 8.01. The van der Waals surface area contributed by atoms with Crippen molar-refractivity contribution in [1.29, 1.82) is 0 Å². The number of nitrogens with one attached hydrogen (secondary N) is 1. The summed E-state index contributed by atoms with van der Waals surface area (Å²) < 4.78 is 76.1. The SMILES string of the molecule is COc1ccc(S(=O)(=O)NC2CCC(Oc3ccc(C(F)(F)F)cn3)CC2)cc1. The summed E-state index contributed by atoms with van der Waals surface area (Å²) >= 11 is 0. The molecule has 0 aliphatic heterocycles. The van der Waals surface area contributed by atoms with E-state index in [-0.39, 0.29) is 22.9 Å². The number of halogens is 3. The summed E-state index contributed by atoms with van der Waals surface area (Å²) in [6.07, 6.45) is -1.67. The first kappa shape index (κ1) is 21.4. The number of alkyl halides is 3. The van der Waals surface area contributed by atoms with Crippen LogP contribution in [0.15, 0.2) is 47.5 Å². The van der Waals surface area contributed by atoms with Crippen molar-refractivity contribution in [2.75, 3.05) is 7.11 Å². The lowest BCUT2D eigenvalue weighted by Gasteiger charge is -2.29. The first-order chi connectivity index (χ1) is 13.7. The molecule has 10 heteroatoms. The minimum absolute atomic E-state index is 0.125. The van der Waals surface area contributed by atoms with E-state index in [1.807, 2.05) is 0 Å².